The summed E-state index contributed by atoms with van der Waals surface area (Å²) in [4.78, 5) is 11.8. The van der Waals surface area contributed by atoms with Crippen LogP contribution in [0.1, 0.15) is 31.4 Å². The lowest BCUT2D eigenvalue weighted by molar-refractivity contribution is -0.121. The van der Waals surface area contributed by atoms with Crippen molar-refractivity contribution in [2.45, 2.75) is 25.8 Å². The molecule has 2 rings (SSSR count). The van der Waals surface area contributed by atoms with Crippen LogP contribution in [-0.4, -0.2) is 11.8 Å². The Kier molecular flexibility index (Phi) is 4.80. The maximum atomic E-state index is 11.8. The van der Waals surface area contributed by atoms with Gasteiger partial charge in [0.15, 0.2) is 0 Å². The van der Waals surface area contributed by atoms with E-state index in [2.05, 4.69) is 29.6 Å². The first kappa shape index (κ1) is 13.9. The Bertz CT molecular complexity index is 562. The van der Waals surface area contributed by atoms with Gasteiger partial charge in [0.05, 0.1) is 6.04 Å². The van der Waals surface area contributed by atoms with Gasteiger partial charge in [0.25, 0.3) is 0 Å². The highest BCUT2D eigenvalue weighted by Crippen LogP contribution is 2.24. The summed E-state index contributed by atoms with van der Waals surface area (Å²) in [6, 6.07) is 14.4. The third kappa shape index (κ3) is 3.48. The van der Waals surface area contributed by atoms with Gasteiger partial charge in [-0.15, -0.1) is 11.6 Å². The highest BCUT2D eigenvalue weighted by atomic mass is 35.5. The smallest absolute Gasteiger partial charge is 0.220 e. The van der Waals surface area contributed by atoms with E-state index >= 15 is 0 Å². The van der Waals surface area contributed by atoms with Crippen LogP contribution in [0.25, 0.3) is 10.8 Å². The van der Waals surface area contributed by atoms with Gasteiger partial charge < -0.3 is 5.32 Å². The number of amides is 1. The van der Waals surface area contributed by atoms with E-state index in [1.54, 1.807) is 0 Å². The van der Waals surface area contributed by atoms with E-state index in [1.807, 2.05) is 25.1 Å². The molecule has 2 nitrogen and oxygen atoms in total. The zero-order valence-corrected chi connectivity index (χ0v) is 11.8. The van der Waals surface area contributed by atoms with Gasteiger partial charge in [-0.05, 0) is 29.7 Å². The molecule has 0 radical (unpaired) electrons. The molecule has 0 saturated heterocycles. The molecule has 19 heavy (non-hydrogen) atoms. The van der Waals surface area contributed by atoms with Gasteiger partial charge in [-0.3, -0.25) is 4.79 Å². The maximum absolute atomic E-state index is 11.8. The second kappa shape index (κ2) is 6.58. The molecule has 1 amide bonds. The number of hydrogen-bond donors (Lipinski definition) is 1. The van der Waals surface area contributed by atoms with Crippen molar-refractivity contribution in [3.8, 4) is 0 Å². The number of fused-ring (bicyclic) bond motifs is 1. The Labute approximate surface area is 118 Å². The van der Waals surface area contributed by atoms with Crippen LogP contribution < -0.4 is 5.32 Å². The van der Waals surface area contributed by atoms with E-state index in [0.29, 0.717) is 12.3 Å². The van der Waals surface area contributed by atoms with Crippen LogP contribution in [0.2, 0.25) is 0 Å². The van der Waals surface area contributed by atoms with Crippen molar-refractivity contribution in [3.63, 3.8) is 0 Å². The molecule has 3 heteroatoms. The summed E-state index contributed by atoms with van der Waals surface area (Å²) >= 11 is 5.60. The predicted molar refractivity (Wildman–Crippen MR) is 80.5 cm³/mol. The van der Waals surface area contributed by atoms with Crippen LogP contribution in [0, 0.1) is 0 Å². The third-order valence-electron chi connectivity index (χ3n) is 3.20. The fourth-order valence-corrected chi connectivity index (χ4v) is 2.38. The number of hydrogen-bond acceptors (Lipinski definition) is 1. The quantitative estimate of drug-likeness (QED) is 0.820. The molecule has 0 aliphatic rings. The summed E-state index contributed by atoms with van der Waals surface area (Å²) in [5.74, 6) is 0.580. The third-order valence-corrected chi connectivity index (χ3v) is 3.47. The lowest BCUT2D eigenvalue weighted by Crippen LogP contribution is -2.26. The topological polar surface area (TPSA) is 29.1 Å². The van der Waals surface area contributed by atoms with Crippen LogP contribution in [-0.2, 0) is 4.79 Å². The summed E-state index contributed by atoms with van der Waals surface area (Å²) in [7, 11) is 0. The first-order valence-corrected chi connectivity index (χ1v) is 7.09. The van der Waals surface area contributed by atoms with Gasteiger partial charge >= 0.3 is 0 Å². The average Bonchev–Trinajstić information content (AvgIpc) is 2.44. The highest BCUT2D eigenvalue weighted by Gasteiger charge is 2.11. The molecule has 100 valence electrons. The van der Waals surface area contributed by atoms with Gasteiger partial charge in [0, 0.05) is 12.3 Å². The molecule has 0 aliphatic carbocycles. The van der Waals surface area contributed by atoms with Crippen LogP contribution in [0.4, 0.5) is 0 Å². The van der Waals surface area contributed by atoms with Crippen molar-refractivity contribution in [3.05, 3.63) is 48.0 Å². The maximum Gasteiger partial charge on any atom is 0.220 e. The fraction of sp³-hybridized carbons (Fsp3) is 0.312. The number of nitrogens with one attached hydrogen (secondary N) is 1. The molecule has 0 saturated carbocycles. The van der Waals surface area contributed by atoms with Crippen LogP contribution >= 0.6 is 11.6 Å². The second-order valence-corrected chi connectivity index (χ2v) is 5.03. The number of halogens is 1. The van der Waals surface area contributed by atoms with E-state index < -0.39 is 0 Å². The molecule has 0 aromatic heterocycles. The van der Waals surface area contributed by atoms with E-state index in [-0.39, 0.29) is 11.9 Å². The Morgan fingerprint density at radius 2 is 1.95 bits per heavy atom. The minimum absolute atomic E-state index is 0.00826. The summed E-state index contributed by atoms with van der Waals surface area (Å²) in [6.45, 7) is 2.01. The minimum atomic E-state index is 0.00826. The second-order valence-electron chi connectivity index (χ2n) is 4.65. The van der Waals surface area contributed by atoms with Gasteiger partial charge in [0.1, 0.15) is 0 Å². The van der Waals surface area contributed by atoms with E-state index in [1.165, 1.54) is 10.8 Å². The van der Waals surface area contributed by atoms with Crippen molar-refractivity contribution in [1.82, 2.24) is 5.32 Å². The van der Waals surface area contributed by atoms with E-state index in [4.69, 9.17) is 11.6 Å². The molecule has 0 fully saturated rings. The van der Waals surface area contributed by atoms with E-state index in [0.717, 1.165) is 12.0 Å². The summed E-state index contributed by atoms with van der Waals surface area (Å²) < 4.78 is 0. The molecular formula is C16H18ClNO. The molecule has 1 atom stereocenters. The zero-order chi connectivity index (χ0) is 13.7. The number of alkyl halides is 1. The number of benzene rings is 2. The first-order valence-electron chi connectivity index (χ1n) is 6.55. The van der Waals surface area contributed by atoms with Crippen molar-refractivity contribution in [1.29, 1.82) is 0 Å². The molecule has 2 aromatic carbocycles. The SMILES string of the molecule is CC(NC(=O)CCCCl)c1cccc2ccccc12. The number of carbonyl (C=O) groups excluding carboxylic acids is 1. The van der Waals surface area contributed by atoms with E-state index in [9.17, 15) is 4.79 Å². The van der Waals surface area contributed by atoms with Gasteiger partial charge in [-0.25, -0.2) is 0 Å². The van der Waals surface area contributed by atoms with Gasteiger partial charge in [-0.1, -0.05) is 42.5 Å². The monoisotopic (exact) mass is 275 g/mol. The van der Waals surface area contributed by atoms with Crippen LogP contribution in [0.15, 0.2) is 42.5 Å². The lowest BCUT2D eigenvalue weighted by atomic mass is 9.99. The molecule has 0 bridgehead atoms. The molecule has 0 heterocycles. The summed E-state index contributed by atoms with van der Waals surface area (Å²) in [6.07, 6.45) is 1.20. The molecule has 2 aromatic rings. The minimum Gasteiger partial charge on any atom is -0.350 e. The van der Waals surface area contributed by atoms with Crippen molar-refractivity contribution < 1.29 is 4.79 Å². The highest BCUT2D eigenvalue weighted by molar-refractivity contribution is 6.17. The predicted octanol–water partition coefficient (Wildman–Crippen LogP) is 4.04. The standard InChI is InChI=1S/C16H18ClNO/c1-12(18-16(19)10-5-11-17)14-9-4-7-13-6-2-3-8-15(13)14/h2-4,6-9,12H,5,10-11H2,1H3,(H,18,19). The molecule has 0 aliphatic heterocycles. The molecule has 0 spiro atoms. The Morgan fingerprint density at radius 3 is 2.74 bits per heavy atom. The van der Waals surface area contributed by atoms with Gasteiger partial charge in [-0.2, -0.15) is 0 Å². The summed E-state index contributed by atoms with van der Waals surface area (Å²) in [5, 5.41) is 5.41. The Balaban J connectivity index is 2.17. The van der Waals surface area contributed by atoms with Crippen molar-refractivity contribution >= 4 is 28.3 Å². The van der Waals surface area contributed by atoms with Crippen LogP contribution in [0.5, 0.6) is 0 Å². The van der Waals surface area contributed by atoms with Crippen LogP contribution in [0.3, 0.4) is 0 Å². The van der Waals surface area contributed by atoms with Gasteiger partial charge in [0.2, 0.25) is 5.91 Å². The first-order chi connectivity index (χ1) is 9.22. The van der Waals surface area contributed by atoms with Crippen molar-refractivity contribution in [2.75, 3.05) is 5.88 Å². The molecule has 1 unspecified atom stereocenters. The normalized spacial score (nSPS) is 12.3. The Morgan fingerprint density at radius 1 is 1.21 bits per heavy atom. The zero-order valence-electron chi connectivity index (χ0n) is 11.0. The van der Waals surface area contributed by atoms with Crippen molar-refractivity contribution in [2.24, 2.45) is 0 Å². The summed E-state index contributed by atoms with van der Waals surface area (Å²) in [5.41, 5.74) is 1.15. The molecular weight excluding hydrogens is 258 g/mol. The average molecular weight is 276 g/mol. The fourth-order valence-electron chi connectivity index (χ4n) is 2.25. The largest absolute Gasteiger partial charge is 0.350 e. The Hall–Kier alpha value is -1.54. The lowest BCUT2D eigenvalue weighted by Gasteiger charge is -2.16. The number of rotatable bonds is 5. The number of carbonyl (C=O) groups is 1. The molecule has 1 N–H and O–H groups in total.